The number of nitrogens with zero attached hydrogens (tertiary/aromatic N) is 2. The number of pyridine rings is 1. The summed E-state index contributed by atoms with van der Waals surface area (Å²) in [7, 11) is 0. The summed E-state index contributed by atoms with van der Waals surface area (Å²) in [5.74, 6) is 0.768. The van der Waals surface area contributed by atoms with Crippen LogP contribution in [0.25, 0.3) is 0 Å². The quantitative estimate of drug-likeness (QED) is 0.558. The van der Waals surface area contributed by atoms with Gasteiger partial charge in [-0.25, -0.2) is 9.78 Å². The lowest BCUT2D eigenvalue weighted by Crippen LogP contribution is -2.31. The molecule has 2 aromatic rings. The third kappa shape index (κ3) is 5.59. The van der Waals surface area contributed by atoms with E-state index in [2.05, 4.69) is 15.5 Å². The van der Waals surface area contributed by atoms with Crippen LogP contribution in [0.1, 0.15) is 41.2 Å². The van der Waals surface area contributed by atoms with E-state index in [1.807, 2.05) is 27.7 Å². The van der Waals surface area contributed by atoms with Crippen molar-refractivity contribution >= 4 is 23.6 Å². The van der Waals surface area contributed by atoms with E-state index >= 15 is 0 Å². The molecule has 2 aromatic heterocycles. The van der Waals surface area contributed by atoms with E-state index < -0.39 is 5.97 Å². The maximum Gasteiger partial charge on any atom is 0.341 e. The molecule has 2 heterocycles. The number of carbonyl (C=O) groups is 2. The molecule has 0 unspecified atom stereocenters. The summed E-state index contributed by atoms with van der Waals surface area (Å²) < 4.78 is 10.3. The van der Waals surface area contributed by atoms with Crippen LogP contribution in [0.4, 0.5) is 0 Å². The van der Waals surface area contributed by atoms with Crippen molar-refractivity contribution in [1.29, 1.82) is 0 Å². The van der Waals surface area contributed by atoms with E-state index in [-0.39, 0.29) is 12.5 Å². The third-order valence-corrected chi connectivity index (χ3v) is 4.60. The summed E-state index contributed by atoms with van der Waals surface area (Å²) in [5, 5.41) is 7.17. The van der Waals surface area contributed by atoms with E-state index in [0.717, 1.165) is 17.0 Å². The Bertz CT molecular complexity index is 754. The van der Waals surface area contributed by atoms with Crippen molar-refractivity contribution in [1.82, 2.24) is 15.5 Å². The molecule has 0 aliphatic heterocycles. The second-order valence-electron chi connectivity index (χ2n) is 6.22. The lowest BCUT2D eigenvalue weighted by Gasteiger charge is -2.10. The first kappa shape index (κ1) is 20.0. The van der Waals surface area contributed by atoms with Crippen molar-refractivity contribution in [2.24, 2.45) is 5.92 Å². The monoisotopic (exact) mass is 377 g/mol. The van der Waals surface area contributed by atoms with Gasteiger partial charge in [0, 0.05) is 24.1 Å². The van der Waals surface area contributed by atoms with Gasteiger partial charge in [-0.1, -0.05) is 19.0 Å². The number of thioether (sulfide) groups is 1. The van der Waals surface area contributed by atoms with Gasteiger partial charge in [-0.2, -0.15) is 0 Å². The smallest absolute Gasteiger partial charge is 0.341 e. The van der Waals surface area contributed by atoms with Crippen LogP contribution < -0.4 is 5.32 Å². The van der Waals surface area contributed by atoms with Crippen LogP contribution in [0, 0.1) is 19.8 Å². The molecule has 140 valence electrons. The standard InChI is InChI=1S/C18H23N3O4S/c1-11(2)8-20-16(22)9-24-18(23)14-6-5-7-19-17(14)26-10-15-12(3)21-25-13(15)4/h5-7,11H,8-10H2,1-4H3,(H,20,22). The summed E-state index contributed by atoms with van der Waals surface area (Å²) in [6.07, 6.45) is 1.61. The number of nitrogens with one attached hydrogen (secondary N) is 1. The molecule has 8 heteroatoms. The van der Waals surface area contributed by atoms with Crippen molar-refractivity contribution in [3.63, 3.8) is 0 Å². The third-order valence-electron chi connectivity index (χ3n) is 3.57. The average Bonchev–Trinajstić information content (AvgIpc) is 2.94. The number of carbonyl (C=O) groups excluding carboxylic acids is 2. The number of esters is 1. The summed E-state index contributed by atoms with van der Waals surface area (Å²) in [4.78, 5) is 28.3. The van der Waals surface area contributed by atoms with Crippen LogP contribution in [0.15, 0.2) is 27.9 Å². The van der Waals surface area contributed by atoms with Gasteiger partial charge in [0.25, 0.3) is 5.91 Å². The minimum absolute atomic E-state index is 0.311. The highest BCUT2D eigenvalue weighted by molar-refractivity contribution is 7.98. The largest absolute Gasteiger partial charge is 0.452 e. The highest BCUT2D eigenvalue weighted by Crippen LogP contribution is 2.27. The average molecular weight is 377 g/mol. The highest BCUT2D eigenvalue weighted by Gasteiger charge is 2.17. The number of amides is 1. The molecule has 1 N–H and O–H groups in total. The number of aryl methyl sites for hydroxylation is 2. The topological polar surface area (TPSA) is 94.3 Å². The summed E-state index contributed by atoms with van der Waals surface area (Å²) >= 11 is 1.40. The number of hydrogen-bond donors (Lipinski definition) is 1. The predicted molar refractivity (Wildman–Crippen MR) is 97.9 cm³/mol. The van der Waals surface area contributed by atoms with Crippen molar-refractivity contribution in [2.75, 3.05) is 13.2 Å². The summed E-state index contributed by atoms with van der Waals surface area (Å²) in [6.45, 7) is 7.93. The molecule has 1 amide bonds. The molecule has 0 aliphatic carbocycles. The molecule has 26 heavy (non-hydrogen) atoms. The number of rotatable bonds is 8. The molecule has 0 radical (unpaired) electrons. The van der Waals surface area contributed by atoms with Crippen LogP contribution in [-0.4, -0.2) is 35.2 Å². The Morgan fingerprint density at radius 3 is 2.77 bits per heavy atom. The lowest BCUT2D eigenvalue weighted by molar-refractivity contribution is -0.124. The molecular weight excluding hydrogens is 354 g/mol. The normalized spacial score (nSPS) is 10.8. The highest BCUT2D eigenvalue weighted by atomic mass is 32.2. The summed E-state index contributed by atoms with van der Waals surface area (Å²) in [5.41, 5.74) is 2.13. The first-order valence-electron chi connectivity index (χ1n) is 8.31. The van der Waals surface area contributed by atoms with Gasteiger partial charge < -0.3 is 14.6 Å². The number of hydrogen-bond acceptors (Lipinski definition) is 7. The van der Waals surface area contributed by atoms with E-state index in [9.17, 15) is 9.59 Å². The second-order valence-corrected chi connectivity index (χ2v) is 7.19. The Kier molecular flexibility index (Phi) is 7.20. The molecule has 0 spiro atoms. The Labute approximate surface area is 156 Å². The van der Waals surface area contributed by atoms with Crippen LogP contribution in [-0.2, 0) is 15.3 Å². The van der Waals surface area contributed by atoms with Gasteiger partial charge in [0.2, 0.25) is 0 Å². The fourth-order valence-electron chi connectivity index (χ4n) is 2.09. The van der Waals surface area contributed by atoms with Gasteiger partial charge in [-0.05, 0) is 31.9 Å². The van der Waals surface area contributed by atoms with Crippen LogP contribution in [0.3, 0.4) is 0 Å². The molecule has 0 fully saturated rings. The molecule has 0 aromatic carbocycles. The Balaban J connectivity index is 1.97. The number of ether oxygens (including phenoxy) is 1. The lowest BCUT2D eigenvalue weighted by atomic mass is 10.2. The predicted octanol–water partition coefficient (Wildman–Crippen LogP) is 2.91. The van der Waals surface area contributed by atoms with Crippen molar-refractivity contribution in [3.05, 3.63) is 40.9 Å². The first-order valence-corrected chi connectivity index (χ1v) is 9.30. The molecule has 0 saturated carbocycles. The first-order chi connectivity index (χ1) is 12.4. The molecule has 2 rings (SSSR count). The van der Waals surface area contributed by atoms with Gasteiger partial charge >= 0.3 is 5.97 Å². The maximum absolute atomic E-state index is 12.3. The van der Waals surface area contributed by atoms with Gasteiger partial charge in [0.15, 0.2) is 6.61 Å². The Morgan fingerprint density at radius 1 is 1.35 bits per heavy atom. The van der Waals surface area contributed by atoms with Crippen LogP contribution in [0.2, 0.25) is 0 Å². The molecule has 7 nitrogen and oxygen atoms in total. The molecular formula is C18H23N3O4S. The Morgan fingerprint density at radius 2 is 2.12 bits per heavy atom. The van der Waals surface area contributed by atoms with Gasteiger partial charge in [-0.15, -0.1) is 11.8 Å². The van der Waals surface area contributed by atoms with Gasteiger partial charge in [0.05, 0.1) is 11.3 Å². The van der Waals surface area contributed by atoms with Crippen molar-refractivity contribution in [3.8, 4) is 0 Å². The van der Waals surface area contributed by atoms with E-state index in [1.54, 1.807) is 18.3 Å². The summed E-state index contributed by atoms with van der Waals surface area (Å²) in [6, 6.07) is 3.30. The van der Waals surface area contributed by atoms with Gasteiger partial charge in [-0.3, -0.25) is 4.79 Å². The zero-order valence-corrected chi connectivity index (χ0v) is 16.2. The van der Waals surface area contributed by atoms with E-state index in [4.69, 9.17) is 9.26 Å². The molecule has 0 aliphatic rings. The van der Waals surface area contributed by atoms with E-state index in [0.29, 0.717) is 28.8 Å². The minimum Gasteiger partial charge on any atom is -0.452 e. The Hall–Kier alpha value is -2.35. The maximum atomic E-state index is 12.3. The van der Waals surface area contributed by atoms with Crippen molar-refractivity contribution in [2.45, 2.75) is 38.5 Å². The molecule has 0 saturated heterocycles. The zero-order chi connectivity index (χ0) is 19.1. The van der Waals surface area contributed by atoms with Crippen LogP contribution in [0.5, 0.6) is 0 Å². The molecule has 0 atom stereocenters. The minimum atomic E-state index is -0.570. The fourth-order valence-corrected chi connectivity index (χ4v) is 3.22. The zero-order valence-electron chi connectivity index (χ0n) is 15.4. The second kappa shape index (κ2) is 9.38. The van der Waals surface area contributed by atoms with Crippen molar-refractivity contribution < 1.29 is 18.8 Å². The number of aromatic nitrogens is 2. The van der Waals surface area contributed by atoms with Crippen LogP contribution >= 0.6 is 11.8 Å². The molecule has 0 bridgehead atoms. The van der Waals surface area contributed by atoms with Gasteiger partial charge in [0.1, 0.15) is 10.8 Å². The SMILES string of the molecule is Cc1noc(C)c1CSc1ncccc1C(=O)OCC(=O)NCC(C)C. The van der Waals surface area contributed by atoms with E-state index in [1.165, 1.54) is 11.8 Å². The fraction of sp³-hybridized carbons (Fsp3) is 0.444.